The molecule has 1 saturated carbocycles. The molecule has 4 nitrogen and oxygen atoms in total. The smallest absolute Gasteiger partial charge is 0.302 e. The lowest BCUT2D eigenvalue weighted by atomic mass is 9.84. The molecule has 0 aromatic carbocycles. The van der Waals surface area contributed by atoms with E-state index in [4.69, 9.17) is 4.74 Å². The molecule has 0 aromatic rings. The second-order valence-electron chi connectivity index (χ2n) is 4.62. The molecule has 1 N–H and O–H groups in total. The molecule has 0 bridgehead atoms. The Hall–Kier alpha value is -1.06. The van der Waals surface area contributed by atoms with Gasteiger partial charge in [0.05, 0.1) is 6.61 Å². The number of rotatable bonds is 2. The minimum Gasteiger partial charge on any atom is -0.465 e. The minimum absolute atomic E-state index is 0.0630. The topological polar surface area (TPSA) is 55.4 Å². The second-order valence-corrected chi connectivity index (χ2v) is 4.62. The van der Waals surface area contributed by atoms with Crippen LogP contribution in [0.5, 0.6) is 0 Å². The standard InChI is InChI=1S/C11H17NO3/c1-8(13)15-7-9-6-10(14)12-11(9)4-2-3-5-11/h9H,2-7H2,1H3,(H,12,14). The third kappa shape index (κ3) is 1.98. The third-order valence-corrected chi connectivity index (χ3v) is 3.59. The van der Waals surface area contributed by atoms with E-state index in [1.165, 1.54) is 6.92 Å². The van der Waals surface area contributed by atoms with Gasteiger partial charge in [0.15, 0.2) is 0 Å². The fraction of sp³-hybridized carbons (Fsp3) is 0.818. The highest BCUT2D eigenvalue weighted by atomic mass is 16.5. The molecule has 4 heteroatoms. The van der Waals surface area contributed by atoms with Gasteiger partial charge < -0.3 is 10.1 Å². The Balaban J connectivity index is 2.01. The first kappa shape index (κ1) is 10.5. The highest BCUT2D eigenvalue weighted by Crippen LogP contribution is 2.41. The summed E-state index contributed by atoms with van der Waals surface area (Å²) in [6, 6.07) is 0. The average Bonchev–Trinajstić information content (AvgIpc) is 2.72. The Bertz CT molecular complexity index is 282. The molecule has 15 heavy (non-hydrogen) atoms. The molecule has 1 aliphatic carbocycles. The summed E-state index contributed by atoms with van der Waals surface area (Å²) in [6.45, 7) is 1.79. The molecule has 1 spiro atoms. The number of hydrogen-bond donors (Lipinski definition) is 1. The van der Waals surface area contributed by atoms with Crippen molar-refractivity contribution in [3.05, 3.63) is 0 Å². The van der Waals surface area contributed by atoms with Gasteiger partial charge in [-0.3, -0.25) is 9.59 Å². The predicted molar refractivity (Wildman–Crippen MR) is 54.1 cm³/mol. The maximum atomic E-state index is 11.4. The van der Waals surface area contributed by atoms with Crippen molar-refractivity contribution in [3.8, 4) is 0 Å². The summed E-state index contributed by atoms with van der Waals surface area (Å²) < 4.78 is 5.03. The summed E-state index contributed by atoms with van der Waals surface area (Å²) in [7, 11) is 0. The number of carbonyl (C=O) groups excluding carboxylic acids is 2. The van der Waals surface area contributed by atoms with E-state index in [1.807, 2.05) is 0 Å². The molecule has 84 valence electrons. The first-order valence-electron chi connectivity index (χ1n) is 5.57. The van der Waals surface area contributed by atoms with Crippen molar-refractivity contribution in [1.29, 1.82) is 0 Å². The molecular weight excluding hydrogens is 194 g/mol. The van der Waals surface area contributed by atoms with Crippen molar-refractivity contribution in [1.82, 2.24) is 5.32 Å². The van der Waals surface area contributed by atoms with Gasteiger partial charge in [-0.25, -0.2) is 0 Å². The highest BCUT2D eigenvalue weighted by Gasteiger charge is 2.48. The van der Waals surface area contributed by atoms with Crippen LogP contribution < -0.4 is 5.32 Å². The Morgan fingerprint density at radius 1 is 1.53 bits per heavy atom. The van der Waals surface area contributed by atoms with Crippen LogP contribution in [-0.2, 0) is 14.3 Å². The van der Waals surface area contributed by atoms with Crippen LogP contribution in [0.3, 0.4) is 0 Å². The van der Waals surface area contributed by atoms with Crippen LogP contribution in [0.2, 0.25) is 0 Å². The molecule has 1 unspecified atom stereocenters. The van der Waals surface area contributed by atoms with Crippen LogP contribution in [0.1, 0.15) is 39.0 Å². The first-order valence-corrected chi connectivity index (χ1v) is 5.57. The molecule has 2 fully saturated rings. The fourth-order valence-corrected chi connectivity index (χ4v) is 2.83. The lowest BCUT2D eigenvalue weighted by Gasteiger charge is -2.30. The summed E-state index contributed by atoms with van der Waals surface area (Å²) >= 11 is 0. The molecule has 1 saturated heterocycles. The maximum absolute atomic E-state index is 11.4. The van der Waals surface area contributed by atoms with E-state index in [0.717, 1.165) is 25.7 Å². The van der Waals surface area contributed by atoms with Gasteiger partial charge in [-0.1, -0.05) is 12.8 Å². The molecule has 2 rings (SSSR count). The zero-order valence-electron chi connectivity index (χ0n) is 9.04. The molecule has 1 aliphatic heterocycles. The van der Waals surface area contributed by atoms with Crippen molar-refractivity contribution >= 4 is 11.9 Å². The van der Waals surface area contributed by atoms with E-state index < -0.39 is 0 Å². The third-order valence-electron chi connectivity index (χ3n) is 3.59. The van der Waals surface area contributed by atoms with E-state index in [-0.39, 0.29) is 23.3 Å². The normalized spacial score (nSPS) is 28.1. The van der Waals surface area contributed by atoms with Gasteiger partial charge in [-0.05, 0) is 12.8 Å². The summed E-state index contributed by atoms with van der Waals surface area (Å²) in [5, 5.41) is 3.07. The Morgan fingerprint density at radius 3 is 2.80 bits per heavy atom. The predicted octanol–water partition coefficient (Wildman–Crippen LogP) is 0.998. The molecule has 0 radical (unpaired) electrons. The quantitative estimate of drug-likeness (QED) is 0.693. The van der Waals surface area contributed by atoms with E-state index in [9.17, 15) is 9.59 Å². The molecular formula is C11H17NO3. The van der Waals surface area contributed by atoms with Crippen LogP contribution >= 0.6 is 0 Å². The van der Waals surface area contributed by atoms with Crippen molar-refractivity contribution in [2.45, 2.75) is 44.6 Å². The number of nitrogens with one attached hydrogen (secondary N) is 1. The SMILES string of the molecule is CC(=O)OCC1CC(=O)NC12CCCC2. The van der Waals surface area contributed by atoms with E-state index in [2.05, 4.69) is 5.32 Å². The van der Waals surface area contributed by atoms with Gasteiger partial charge in [-0.15, -0.1) is 0 Å². The second kappa shape index (κ2) is 3.83. The van der Waals surface area contributed by atoms with Gasteiger partial charge in [0.2, 0.25) is 5.91 Å². The van der Waals surface area contributed by atoms with Crippen molar-refractivity contribution in [2.24, 2.45) is 5.92 Å². The van der Waals surface area contributed by atoms with Crippen molar-refractivity contribution in [3.63, 3.8) is 0 Å². The van der Waals surface area contributed by atoms with Crippen LogP contribution in [0.25, 0.3) is 0 Å². The maximum Gasteiger partial charge on any atom is 0.302 e. The molecule has 1 atom stereocenters. The minimum atomic E-state index is -0.262. The lowest BCUT2D eigenvalue weighted by Crippen LogP contribution is -2.44. The Labute approximate surface area is 89.4 Å². The number of amides is 1. The molecule has 2 aliphatic rings. The fourth-order valence-electron chi connectivity index (χ4n) is 2.83. The lowest BCUT2D eigenvalue weighted by molar-refractivity contribution is -0.143. The summed E-state index contributed by atoms with van der Waals surface area (Å²) in [6.07, 6.45) is 4.90. The zero-order chi connectivity index (χ0) is 10.9. The van der Waals surface area contributed by atoms with Gasteiger partial charge in [-0.2, -0.15) is 0 Å². The summed E-state index contributed by atoms with van der Waals surface area (Å²) in [4.78, 5) is 22.2. The van der Waals surface area contributed by atoms with Crippen molar-refractivity contribution < 1.29 is 14.3 Å². The largest absolute Gasteiger partial charge is 0.465 e. The van der Waals surface area contributed by atoms with Crippen LogP contribution in [0.4, 0.5) is 0 Å². The average molecular weight is 211 g/mol. The van der Waals surface area contributed by atoms with E-state index in [1.54, 1.807) is 0 Å². The van der Waals surface area contributed by atoms with Crippen molar-refractivity contribution in [2.75, 3.05) is 6.61 Å². The van der Waals surface area contributed by atoms with Gasteiger partial charge in [0.25, 0.3) is 0 Å². The monoisotopic (exact) mass is 211 g/mol. The summed E-state index contributed by atoms with van der Waals surface area (Å²) in [5.74, 6) is 0.0212. The number of esters is 1. The number of ether oxygens (including phenoxy) is 1. The molecule has 1 amide bonds. The Morgan fingerprint density at radius 2 is 2.20 bits per heavy atom. The zero-order valence-corrected chi connectivity index (χ0v) is 9.04. The molecule has 1 heterocycles. The Kier molecular flexibility index (Phi) is 2.67. The number of carbonyl (C=O) groups is 2. The van der Waals surface area contributed by atoms with Gasteiger partial charge in [0.1, 0.15) is 0 Å². The van der Waals surface area contributed by atoms with Crippen LogP contribution in [0, 0.1) is 5.92 Å². The first-order chi connectivity index (χ1) is 7.12. The molecule has 0 aromatic heterocycles. The summed E-state index contributed by atoms with van der Waals surface area (Å²) in [5.41, 5.74) is -0.0630. The van der Waals surface area contributed by atoms with E-state index >= 15 is 0 Å². The van der Waals surface area contributed by atoms with Crippen LogP contribution in [-0.4, -0.2) is 24.0 Å². The van der Waals surface area contributed by atoms with Crippen LogP contribution in [0.15, 0.2) is 0 Å². The van der Waals surface area contributed by atoms with E-state index in [0.29, 0.717) is 13.0 Å². The number of hydrogen-bond acceptors (Lipinski definition) is 3. The highest BCUT2D eigenvalue weighted by molar-refractivity contribution is 5.80. The van der Waals surface area contributed by atoms with Gasteiger partial charge >= 0.3 is 5.97 Å². The van der Waals surface area contributed by atoms with Gasteiger partial charge in [0, 0.05) is 24.8 Å².